The maximum Gasteiger partial charge on any atom is 0.416 e. The van der Waals surface area contributed by atoms with Gasteiger partial charge in [0.25, 0.3) is 0 Å². The highest BCUT2D eigenvalue weighted by molar-refractivity contribution is 6.01. The third-order valence-corrected chi connectivity index (χ3v) is 5.98. The Hall–Kier alpha value is -4.00. The Morgan fingerprint density at radius 2 is 1.64 bits per heavy atom. The molecule has 0 bridgehead atoms. The molecule has 0 amide bonds. The molecule has 0 fully saturated rings. The molecule has 0 N–H and O–H groups in total. The molecular formula is C29H27F3N2O2. The number of hydrogen-bond acceptors (Lipinski definition) is 3. The fourth-order valence-corrected chi connectivity index (χ4v) is 4.11. The first kappa shape index (κ1) is 25.1. The second-order valence-electron chi connectivity index (χ2n) is 8.58. The topological polar surface area (TPSA) is 35.8 Å². The van der Waals surface area contributed by atoms with Crippen LogP contribution in [-0.4, -0.2) is 17.4 Å². The Bertz CT molecular complexity index is 1390. The molecule has 4 aromatic rings. The van der Waals surface area contributed by atoms with Crippen LogP contribution in [0, 0.1) is 13.8 Å². The van der Waals surface area contributed by atoms with E-state index in [9.17, 15) is 13.2 Å². The number of oxime groups is 1. The summed E-state index contributed by atoms with van der Waals surface area (Å²) in [6.07, 6.45) is -4.36. The lowest BCUT2D eigenvalue weighted by Crippen LogP contribution is -2.04. The van der Waals surface area contributed by atoms with E-state index in [4.69, 9.17) is 9.57 Å². The maximum absolute atomic E-state index is 12.8. The molecule has 0 unspecified atom stereocenters. The lowest BCUT2D eigenvalue weighted by atomic mass is 10.1. The molecule has 36 heavy (non-hydrogen) atoms. The Balaban J connectivity index is 1.66. The zero-order valence-corrected chi connectivity index (χ0v) is 20.6. The predicted molar refractivity (Wildman–Crippen MR) is 136 cm³/mol. The lowest BCUT2D eigenvalue weighted by Gasteiger charge is -2.14. The van der Waals surface area contributed by atoms with E-state index in [1.54, 1.807) is 7.11 Å². The molecule has 0 aliphatic carbocycles. The molecule has 7 heteroatoms. The molecule has 3 aromatic carbocycles. The number of aryl methyl sites for hydroxylation is 1. The summed E-state index contributed by atoms with van der Waals surface area (Å²) in [6.45, 7) is 5.99. The average molecular weight is 493 g/mol. The van der Waals surface area contributed by atoms with E-state index in [0.29, 0.717) is 11.3 Å². The summed E-state index contributed by atoms with van der Waals surface area (Å²) in [5.41, 5.74) is 6.59. The number of benzene rings is 3. The monoisotopic (exact) mass is 492 g/mol. The summed E-state index contributed by atoms with van der Waals surface area (Å²) in [7, 11) is 1.64. The number of aromatic nitrogens is 1. The van der Waals surface area contributed by atoms with Gasteiger partial charge in [0.2, 0.25) is 0 Å². The molecule has 4 nitrogen and oxygen atoms in total. The number of ether oxygens (including phenoxy) is 1. The molecule has 0 spiro atoms. The normalized spacial score (nSPS) is 12.0. The summed E-state index contributed by atoms with van der Waals surface area (Å²) in [5, 5.41) is 4.27. The van der Waals surface area contributed by atoms with Crippen molar-refractivity contribution in [3.63, 3.8) is 0 Å². The number of rotatable bonds is 7. The quantitative estimate of drug-likeness (QED) is 0.195. The minimum absolute atomic E-state index is 0.0653. The number of nitrogens with zero attached hydrogens (tertiary/aromatic N) is 2. The molecular weight excluding hydrogens is 465 g/mol. The fraction of sp³-hybridized carbons (Fsp3) is 0.207. The van der Waals surface area contributed by atoms with E-state index in [2.05, 4.69) is 40.9 Å². The van der Waals surface area contributed by atoms with Crippen LogP contribution in [0.2, 0.25) is 0 Å². The summed E-state index contributed by atoms with van der Waals surface area (Å²) in [6, 6.07) is 23.1. The van der Waals surface area contributed by atoms with Gasteiger partial charge in [0.05, 0.1) is 24.1 Å². The molecule has 0 aliphatic heterocycles. The zero-order chi connectivity index (χ0) is 25.9. The zero-order valence-electron chi connectivity index (χ0n) is 20.6. The third kappa shape index (κ3) is 5.46. The van der Waals surface area contributed by atoms with Gasteiger partial charge < -0.3 is 14.1 Å². The van der Waals surface area contributed by atoms with Crippen LogP contribution in [0.3, 0.4) is 0 Å². The highest BCUT2D eigenvalue weighted by Crippen LogP contribution is 2.32. The summed E-state index contributed by atoms with van der Waals surface area (Å²) >= 11 is 0. The second-order valence-corrected chi connectivity index (χ2v) is 8.58. The minimum atomic E-state index is -4.36. The van der Waals surface area contributed by atoms with Gasteiger partial charge in [-0.2, -0.15) is 13.2 Å². The average Bonchev–Trinajstić information content (AvgIpc) is 3.21. The van der Waals surface area contributed by atoms with Crippen molar-refractivity contribution in [2.24, 2.45) is 5.16 Å². The predicted octanol–water partition coefficient (Wildman–Crippen LogP) is 7.73. The van der Waals surface area contributed by atoms with Crippen LogP contribution in [0.15, 0.2) is 84.0 Å². The third-order valence-electron chi connectivity index (χ3n) is 5.98. The van der Waals surface area contributed by atoms with E-state index >= 15 is 0 Å². The summed E-state index contributed by atoms with van der Waals surface area (Å²) in [5.74, 6) is 0.758. The standard InChI is InChI=1S/C29H27F3N2O2/c1-19-7-5-9-25(15-19)34-21(3)27(17-28(34)23-8-6-10-26(16-23)35-4)20(2)33-36-18-22-11-13-24(14-12-22)29(30,31)32/h5-17H,18H2,1-4H3/b33-20-. The van der Waals surface area contributed by atoms with Crippen LogP contribution in [0.25, 0.3) is 16.9 Å². The number of alkyl halides is 3. The lowest BCUT2D eigenvalue weighted by molar-refractivity contribution is -0.137. The highest BCUT2D eigenvalue weighted by Gasteiger charge is 2.29. The van der Waals surface area contributed by atoms with E-state index in [0.717, 1.165) is 51.6 Å². The van der Waals surface area contributed by atoms with Crippen molar-refractivity contribution in [2.75, 3.05) is 7.11 Å². The molecule has 186 valence electrons. The van der Waals surface area contributed by atoms with Gasteiger partial charge in [-0.05, 0) is 74.4 Å². The Morgan fingerprint density at radius 1 is 0.917 bits per heavy atom. The van der Waals surface area contributed by atoms with Crippen molar-refractivity contribution < 1.29 is 22.7 Å². The van der Waals surface area contributed by atoms with Crippen molar-refractivity contribution in [2.45, 2.75) is 33.6 Å². The van der Waals surface area contributed by atoms with Gasteiger partial charge in [0.15, 0.2) is 0 Å². The summed E-state index contributed by atoms with van der Waals surface area (Å²) in [4.78, 5) is 5.51. The van der Waals surface area contributed by atoms with E-state index in [-0.39, 0.29) is 6.61 Å². The Labute approximate surface area is 208 Å². The molecule has 4 rings (SSSR count). The van der Waals surface area contributed by atoms with Crippen LogP contribution in [0.5, 0.6) is 5.75 Å². The van der Waals surface area contributed by atoms with Gasteiger partial charge in [0.1, 0.15) is 12.4 Å². The van der Waals surface area contributed by atoms with Crippen molar-refractivity contribution in [3.8, 4) is 22.7 Å². The Morgan fingerprint density at radius 3 is 2.31 bits per heavy atom. The molecule has 0 radical (unpaired) electrons. The minimum Gasteiger partial charge on any atom is -0.497 e. The van der Waals surface area contributed by atoms with Crippen LogP contribution in [-0.2, 0) is 17.6 Å². The first-order valence-corrected chi connectivity index (χ1v) is 11.4. The maximum atomic E-state index is 12.8. The van der Waals surface area contributed by atoms with Crippen molar-refractivity contribution in [1.82, 2.24) is 4.57 Å². The van der Waals surface area contributed by atoms with Gasteiger partial charge in [0, 0.05) is 22.5 Å². The van der Waals surface area contributed by atoms with Gasteiger partial charge >= 0.3 is 6.18 Å². The van der Waals surface area contributed by atoms with E-state index < -0.39 is 11.7 Å². The first-order valence-electron chi connectivity index (χ1n) is 11.4. The number of methoxy groups -OCH3 is 1. The van der Waals surface area contributed by atoms with Crippen LogP contribution in [0.1, 0.15) is 34.9 Å². The molecule has 0 saturated heterocycles. The van der Waals surface area contributed by atoms with Crippen LogP contribution >= 0.6 is 0 Å². The van der Waals surface area contributed by atoms with Crippen molar-refractivity contribution >= 4 is 5.71 Å². The van der Waals surface area contributed by atoms with Crippen LogP contribution in [0.4, 0.5) is 13.2 Å². The first-order chi connectivity index (χ1) is 17.2. The number of hydrogen-bond donors (Lipinski definition) is 0. The summed E-state index contributed by atoms with van der Waals surface area (Å²) < 4.78 is 46.0. The molecule has 0 atom stereocenters. The van der Waals surface area contributed by atoms with Crippen molar-refractivity contribution in [1.29, 1.82) is 0 Å². The molecule has 1 heterocycles. The second kappa shape index (κ2) is 10.3. The molecule has 0 saturated carbocycles. The smallest absolute Gasteiger partial charge is 0.416 e. The highest BCUT2D eigenvalue weighted by atomic mass is 19.4. The van der Waals surface area contributed by atoms with Gasteiger partial charge in [-0.25, -0.2) is 0 Å². The van der Waals surface area contributed by atoms with Crippen LogP contribution < -0.4 is 4.74 Å². The fourth-order valence-electron chi connectivity index (χ4n) is 4.11. The Kier molecular flexibility index (Phi) is 7.20. The molecule has 1 aromatic heterocycles. The molecule has 0 aliphatic rings. The largest absolute Gasteiger partial charge is 0.497 e. The van der Waals surface area contributed by atoms with Gasteiger partial charge in [-0.3, -0.25) is 0 Å². The van der Waals surface area contributed by atoms with Gasteiger partial charge in [-0.15, -0.1) is 0 Å². The number of halogens is 3. The SMILES string of the molecule is COc1cccc(-c2cc(/C(C)=N\OCc3ccc(C(F)(F)F)cc3)c(C)n2-c2cccc(C)c2)c1. The van der Waals surface area contributed by atoms with Gasteiger partial charge in [-0.1, -0.05) is 41.6 Å². The van der Waals surface area contributed by atoms with E-state index in [1.807, 2.05) is 44.2 Å². The van der Waals surface area contributed by atoms with Crippen molar-refractivity contribution in [3.05, 3.63) is 107 Å². The van der Waals surface area contributed by atoms with E-state index in [1.165, 1.54) is 12.1 Å².